The predicted molar refractivity (Wildman–Crippen MR) is 109 cm³/mol. The summed E-state index contributed by atoms with van der Waals surface area (Å²) in [6, 6.07) is 19.3. The Morgan fingerprint density at radius 1 is 1.00 bits per heavy atom. The maximum Gasteiger partial charge on any atom is 0.251 e. The quantitative estimate of drug-likeness (QED) is 0.675. The highest BCUT2D eigenvalue weighted by molar-refractivity contribution is 5.95. The van der Waals surface area contributed by atoms with Crippen LogP contribution in [0.2, 0.25) is 0 Å². The lowest BCUT2D eigenvalue weighted by molar-refractivity contribution is 0.0949. The molecule has 0 saturated carbocycles. The van der Waals surface area contributed by atoms with Gasteiger partial charge in [-0.25, -0.2) is 9.97 Å². The maximum absolute atomic E-state index is 12.3. The number of rotatable bonds is 6. The highest BCUT2D eigenvalue weighted by atomic mass is 16.1. The van der Waals surface area contributed by atoms with Crippen LogP contribution in [0.4, 0.5) is 11.5 Å². The SMILES string of the molecule is Cc1nc(Nc2cccc(C(=O)NCC(C)C)c2)cc(-c2ccccc2)n1. The third kappa shape index (κ3) is 5.14. The standard InChI is InChI=1S/C22H24N4O/c1-15(2)14-23-22(27)18-10-7-11-19(12-18)26-21-13-20(24-16(3)25-21)17-8-5-4-6-9-17/h4-13,15H,14H2,1-3H3,(H,23,27)(H,24,25,26). The van der Waals surface area contributed by atoms with E-state index in [4.69, 9.17) is 0 Å². The molecule has 5 heteroatoms. The Balaban J connectivity index is 1.80. The predicted octanol–water partition coefficient (Wildman–Crippen LogP) is 4.58. The van der Waals surface area contributed by atoms with Crippen molar-refractivity contribution in [3.8, 4) is 11.3 Å². The third-order valence-electron chi connectivity index (χ3n) is 3.98. The van der Waals surface area contributed by atoms with Gasteiger partial charge in [0.25, 0.3) is 5.91 Å². The van der Waals surface area contributed by atoms with E-state index in [1.807, 2.05) is 67.6 Å². The van der Waals surface area contributed by atoms with Gasteiger partial charge in [0.15, 0.2) is 0 Å². The molecule has 5 nitrogen and oxygen atoms in total. The van der Waals surface area contributed by atoms with Crippen molar-refractivity contribution in [3.63, 3.8) is 0 Å². The molecule has 0 fully saturated rings. The second-order valence-corrected chi connectivity index (χ2v) is 6.86. The number of carbonyl (C=O) groups is 1. The molecule has 0 aliphatic heterocycles. The molecule has 0 saturated heterocycles. The Morgan fingerprint density at radius 2 is 1.78 bits per heavy atom. The number of aryl methyl sites for hydroxylation is 1. The number of hydrogen-bond acceptors (Lipinski definition) is 4. The van der Waals surface area contributed by atoms with Crippen molar-refractivity contribution in [2.75, 3.05) is 11.9 Å². The lowest BCUT2D eigenvalue weighted by Crippen LogP contribution is -2.27. The highest BCUT2D eigenvalue weighted by Gasteiger charge is 2.08. The summed E-state index contributed by atoms with van der Waals surface area (Å²) >= 11 is 0. The van der Waals surface area contributed by atoms with E-state index in [-0.39, 0.29) is 5.91 Å². The number of carbonyl (C=O) groups excluding carboxylic acids is 1. The minimum Gasteiger partial charge on any atom is -0.352 e. The first-order chi connectivity index (χ1) is 13.0. The van der Waals surface area contributed by atoms with Gasteiger partial charge < -0.3 is 10.6 Å². The summed E-state index contributed by atoms with van der Waals surface area (Å²) in [5.74, 6) is 1.72. The van der Waals surface area contributed by atoms with Gasteiger partial charge in [0.05, 0.1) is 5.69 Å². The molecule has 0 radical (unpaired) electrons. The molecule has 1 aromatic heterocycles. The zero-order valence-corrected chi connectivity index (χ0v) is 15.9. The van der Waals surface area contributed by atoms with Gasteiger partial charge in [-0.2, -0.15) is 0 Å². The second-order valence-electron chi connectivity index (χ2n) is 6.86. The molecule has 0 bridgehead atoms. The summed E-state index contributed by atoms with van der Waals surface area (Å²) in [7, 11) is 0. The molecule has 27 heavy (non-hydrogen) atoms. The van der Waals surface area contributed by atoms with Gasteiger partial charge in [-0.05, 0) is 31.0 Å². The fourth-order valence-electron chi connectivity index (χ4n) is 2.67. The van der Waals surface area contributed by atoms with Gasteiger partial charge in [0.1, 0.15) is 11.6 Å². The molecule has 1 amide bonds. The van der Waals surface area contributed by atoms with Crippen LogP contribution in [0.25, 0.3) is 11.3 Å². The first-order valence-electron chi connectivity index (χ1n) is 9.07. The van der Waals surface area contributed by atoms with E-state index in [9.17, 15) is 4.79 Å². The molecule has 1 heterocycles. The Morgan fingerprint density at radius 3 is 2.52 bits per heavy atom. The van der Waals surface area contributed by atoms with E-state index in [1.54, 1.807) is 0 Å². The monoisotopic (exact) mass is 360 g/mol. The van der Waals surface area contributed by atoms with Crippen molar-refractivity contribution in [2.45, 2.75) is 20.8 Å². The molecular formula is C22H24N4O. The summed E-state index contributed by atoms with van der Waals surface area (Å²) in [5, 5.41) is 6.22. The van der Waals surface area contributed by atoms with Crippen molar-refractivity contribution >= 4 is 17.4 Å². The summed E-state index contributed by atoms with van der Waals surface area (Å²) in [4.78, 5) is 21.3. The molecule has 0 aliphatic rings. The zero-order valence-electron chi connectivity index (χ0n) is 15.9. The molecule has 138 valence electrons. The van der Waals surface area contributed by atoms with E-state index in [2.05, 4.69) is 34.4 Å². The fraction of sp³-hybridized carbons (Fsp3) is 0.227. The molecule has 3 rings (SSSR count). The minimum atomic E-state index is -0.0730. The number of benzene rings is 2. The van der Waals surface area contributed by atoms with Crippen molar-refractivity contribution in [3.05, 3.63) is 72.1 Å². The maximum atomic E-state index is 12.3. The summed E-state index contributed by atoms with van der Waals surface area (Å²) in [5.41, 5.74) is 3.32. The van der Waals surface area contributed by atoms with Gasteiger partial charge in [-0.1, -0.05) is 50.2 Å². The highest BCUT2D eigenvalue weighted by Crippen LogP contribution is 2.22. The van der Waals surface area contributed by atoms with E-state index in [0.717, 1.165) is 16.9 Å². The summed E-state index contributed by atoms with van der Waals surface area (Å²) < 4.78 is 0. The number of hydrogen-bond donors (Lipinski definition) is 2. The number of anilines is 2. The van der Waals surface area contributed by atoms with Crippen LogP contribution in [0.1, 0.15) is 30.0 Å². The van der Waals surface area contributed by atoms with Gasteiger partial charge in [0.2, 0.25) is 0 Å². The first kappa shape index (κ1) is 18.6. The van der Waals surface area contributed by atoms with Crippen LogP contribution in [0.5, 0.6) is 0 Å². The third-order valence-corrected chi connectivity index (χ3v) is 3.98. The molecule has 2 N–H and O–H groups in total. The number of nitrogens with one attached hydrogen (secondary N) is 2. The Labute approximate surface area is 159 Å². The van der Waals surface area contributed by atoms with Crippen LogP contribution in [-0.4, -0.2) is 22.4 Å². The van der Waals surface area contributed by atoms with Crippen LogP contribution < -0.4 is 10.6 Å². The van der Waals surface area contributed by atoms with Crippen LogP contribution in [-0.2, 0) is 0 Å². The zero-order chi connectivity index (χ0) is 19.2. The van der Waals surface area contributed by atoms with E-state index in [0.29, 0.717) is 29.7 Å². The number of aromatic nitrogens is 2. The van der Waals surface area contributed by atoms with Crippen LogP contribution in [0, 0.1) is 12.8 Å². The van der Waals surface area contributed by atoms with Crippen molar-refractivity contribution < 1.29 is 4.79 Å². The molecule has 2 aromatic carbocycles. The van der Waals surface area contributed by atoms with E-state index in [1.165, 1.54) is 0 Å². The van der Waals surface area contributed by atoms with Crippen LogP contribution in [0.15, 0.2) is 60.7 Å². The fourth-order valence-corrected chi connectivity index (χ4v) is 2.67. The average molecular weight is 360 g/mol. The smallest absolute Gasteiger partial charge is 0.251 e. The van der Waals surface area contributed by atoms with Gasteiger partial charge in [-0.15, -0.1) is 0 Å². The number of amides is 1. The van der Waals surface area contributed by atoms with Crippen LogP contribution >= 0.6 is 0 Å². The largest absolute Gasteiger partial charge is 0.352 e. The van der Waals surface area contributed by atoms with E-state index >= 15 is 0 Å². The van der Waals surface area contributed by atoms with Crippen molar-refractivity contribution in [1.29, 1.82) is 0 Å². The normalized spacial score (nSPS) is 10.7. The molecule has 0 spiro atoms. The molecular weight excluding hydrogens is 336 g/mol. The minimum absolute atomic E-state index is 0.0730. The van der Waals surface area contributed by atoms with Crippen LogP contribution in [0.3, 0.4) is 0 Å². The summed E-state index contributed by atoms with van der Waals surface area (Å²) in [6.45, 7) is 6.66. The molecule has 0 unspecified atom stereocenters. The Bertz CT molecular complexity index is 923. The summed E-state index contributed by atoms with van der Waals surface area (Å²) in [6.07, 6.45) is 0. The second kappa shape index (κ2) is 8.45. The first-order valence-corrected chi connectivity index (χ1v) is 9.07. The number of nitrogens with zero attached hydrogens (tertiary/aromatic N) is 2. The van der Waals surface area contributed by atoms with Gasteiger partial charge in [-0.3, -0.25) is 4.79 Å². The Kier molecular flexibility index (Phi) is 5.81. The van der Waals surface area contributed by atoms with Crippen molar-refractivity contribution in [2.24, 2.45) is 5.92 Å². The van der Waals surface area contributed by atoms with Gasteiger partial charge in [0, 0.05) is 29.4 Å². The lowest BCUT2D eigenvalue weighted by atomic mass is 10.1. The molecule has 0 atom stereocenters. The van der Waals surface area contributed by atoms with E-state index < -0.39 is 0 Å². The molecule has 3 aromatic rings. The molecule has 0 aliphatic carbocycles. The van der Waals surface area contributed by atoms with Crippen molar-refractivity contribution in [1.82, 2.24) is 15.3 Å². The topological polar surface area (TPSA) is 66.9 Å². The average Bonchev–Trinajstić information content (AvgIpc) is 2.66. The Hall–Kier alpha value is -3.21. The lowest BCUT2D eigenvalue weighted by Gasteiger charge is -2.11. The van der Waals surface area contributed by atoms with Gasteiger partial charge >= 0.3 is 0 Å².